The molecular formula is C22H21N5O3. The van der Waals surface area contributed by atoms with Crippen LogP contribution in [-0.2, 0) is 24.5 Å². The van der Waals surface area contributed by atoms with Crippen LogP contribution in [0.3, 0.4) is 0 Å². The number of aryl methyl sites for hydroxylation is 2. The van der Waals surface area contributed by atoms with Gasteiger partial charge in [-0.3, -0.25) is 0 Å². The first-order valence-corrected chi connectivity index (χ1v) is 9.78. The number of fused-ring (bicyclic) bond motifs is 1. The Morgan fingerprint density at radius 1 is 1.10 bits per heavy atom. The van der Waals surface area contributed by atoms with E-state index in [-0.39, 0.29) is 12.7 Å². The molecule has 30 heavy (non-hydrogen) atoms. The monoisotopic (exact) mass is 403 g/mol. The molecular weight excluding hydrogens is 382 g/mol. The van der Waals surface area contributed by atoms with Crippen molar-refractivity contribution in [2.75, 3.05) is 0 Å². The Kier molecular flexibility index (Phi) is 4.76. The van der Waals surface area contributed by atoms with Gasteiger partial charge in [-0.15, -0.1) is 5.10 Å². The first kappa shape index (κ1) is 18.5. The number of ether oxygens (including phenoxy) is 2. The van der Waals surface area contributed by atoms with Crippen LogP contribution in [0.4, 0.5) is 0 Å². The normalized spacial score (nSPS) is 15.7. The van der Waals surface area contributed by atoms with Crippen LogP contribution in [-0.4, -0.2) is 25.1 Å². The summed E-state index contributed by atoms with van der Waals surface area (Å²) in [4.78, 5) is 4.41. The van der Waals surface area contributed by atoms with E-state index in [0.717, 1.165) is 22.6 Å². The predicted octanol–water partition coefficient (Wildman–Crippen LogP) is 3.80. The molecule has 2 aromatic carbocycles. The molecule has 8 heteroatoms. The maximum absolute atomic E-state index is 6.06. The molecule has 0 aliphatic carbocycles. The van der Waals surface area contributed by atoms with E-state index in [9.17, 15) is 0 Å². The molecule has 0 N–H and O–H groups in total. The molecule has 152 valence electrons. The highest BCUT2D eigenvalue weighted by Crippen LogP contribution is 2.30. The first-order chi connectivity index (χ1) is 14.7. The third kappa shape index (κ3) is 3.69. The van der Waals surface area contributed by atoms with E-state index < -0.39 is 0 Å². The number of aromatic nitrogens is 5. The average molecular weight is 403 g/mol. The Hall–Kier alpha value is -3.52. The summed E-state index contributed by atoms with van der Waals surface area (Å²) in [5.74, 6) is 1.52. The molecule has 2 aromatic heterocycles. The lowest BCUT2D eigenvalue weighted by molar-refractivity contribution is -0.00112. The minimum absolute atomic E-state index is 0.0591. The fraction of sp³-hybridized carbons (Fsp3) is 0.273. The number of nitrogens with zero attached hydrogens (tertiary/aromatic N) is 5. The van der Waals surface area contributed by atoms with Gasteiger partial charge in [-0.25, -0.2) is 4.68 Å². The second kappa shape index (κ2) is 7.72. The van der Waals surface area contributed by atoms with Crippen LogP contribution in [0, 0.1) is 13.8 Å². The predicted molar refractivity (Wildman–Crippen MR) is 108 cm³/mol. The molecule has 1 aliphatic rings. The maximum atomic E-state index is 6.06. The Labute approximate surface area is 173 Å². The molecule has 0 saturated heterocycles. The Balaban J connectivity index is 1.29. The van der Waals surface area contributed by atoms with Gasteiger partial charge in [0.1, 0.15) is 11.9 Å². The molecule has 5 rings (SSSR count). The quantitative estimate of drug-likeness (QED) is 0.501. The van der Waals surface area contributed by atoms with Crippen LogP contribution >= 0.6 is 0 Å². The standard InChI is InChI=1S/C22H21N5O3/c1-14-6-8-16(9-7-14)19-11-27-18(12-29-19)21(24-26-27)22-23-20(30-25-22)13-28-17-5-3-4-15(2)10-17/h3-10,19H,11-13H2,1-2H3/t19-/m0/s1. The third-order valence-corrected chi connectivity index (χ3v) is 5.08. The number of hydrogen-bond donors (Lipinski definition) is 0. The molecule has 0 amide bonds. The van der Waals surface area contributed by atoms with Gasteiger partial charge in [-0.1, -0.05) is 52.3 Å². The Morgan fingerprint density at radius 2 is 1.97 bits per heavy atom. The highest BCUT2D eigenvalue weighted by atomic mass is 16.5. The molecule has 1 aliphatic heterocycles. The molecule has 3 heterocycles. The first-order valence-electron chi connectivity index (χ1n) is 9.78. The van der Waals surface area contributed by atoms with Gasteiger partial charge >= 0.3 is 0 Å². The highest BCUT2D eigenvalue weighted by molar-refractivity contribution is 5.51. The molecule has 8 nitrogen and oxygen atoms in total. The largest absolute Gasteiger partial charge is 0.484 e. The van der Waals surface area contributed by atoms with Gasteiger partial charge in [0.2, 0.25) is 5.82 Å². The van der Waals surface area contributed by atoms with E-state index in [0.29, 0.717) is 30.6 Å². The number of benzene rings is 2. The van der Waals surface area contributed by atoms with Crippen LogP contribution in [0.15, 0.2) is 53.1 Å². The summed E-state index contributed by atoms with van der Waals surface area (Å²) >= 11 is 0. The molecule has 0 saturated carbocycles. The van der Waals surface area contributed by atoms with Gasteiger partial charge in [0.15, 0.2) is 12.3 Å². The van der Waals surface area contributed by atoms with Gasteiger partial charge in [-0.2, -0.15) is 4.98 Å². The molecule has 0 fully saturated rings. The molecule has 0 spiro atoms. The summed E-state index contributed by atoms with van der Waals surface area (Å²) in [5, 5.41) is 12.6. The van der Waals surface area contributed by atoms with Gasteiger partial charge in [0.25, 0.3) is 5.89 Å². The van der Waals surface area contributed by atoms with Crippen molar-refractivity contribution in [3.05, 3.63) is 76.8 Å². The highest BCUT2D eigenvalue weighted by Gasteiger charge is 2.27. The van der Waals surface area contributed by atoms with E-state index in [1.165, 1.54) is 5.56 Å². The topological polar surface area (TPSA) is 88.1 Å². The fourth-order valence-electron chi connectivity index (χ4n) is 3.43. The Bertz CT molecular complexity index is 1170. The molecule has 0 bridgehead atoms. The zero-order valence-electron chi connectivity index (χ0n) is 16.8. The van der Waals surface area contributed by atoms with Crippen LogP contribution in [0.1, 0.15) is 34.4 Å². The third-order valence-electron chi connectivity index (χ3n) is 5.08. The van der Waals surface area contributed by atoms with Gasteiger partial charge in [0.05, 0.1) is 18.8 Å². The van der Waals surface area contributed by atoms with Crippen molar-refractivity contribution in [1.29, 1.82) is 0 Å². The van der Waals surface area contributed by atoms with E-state index >= 15 is 0 Å². The summed E-state index contributed by atoms with van der Waals surface area (Å²) in [6, 6.07) is 16.1. The van der Waals surface area contributed by atoms with E-state index in [1.807, 2.05) is 35.9 Å². The minimum atomic E-state index is -0.0591. The zero-order valence-corrected chi connectivity index (χ0v) is 16.8. The molecule has 4 aromatic rings. The molecule has 1 atom stereocenters. The molecule has 0 unspecified atom stereocenters. The lowest BCUT2D eigenvalue weighted by Gasteiger charge is -2.24. The van der Waals surface area contributed by atoms with Gasteiger partial charge in [-0.05, 0) is 37.1 Å². The van der Waals surface area contributed by atoms with Crippen molar-refractivity contribution in [2.24, 2.45) is 0 Å². The second-order valence-corrected chi connectivity index (χ2v) is 7.39. The van der Waals surface area contributed by atoms with Crippen molar-refractivity contribution >= 4 is 0 Å². The number of rotatable bonds is 5. The lowest BCUT2D eigenvalue weighted by atomic mass is 10.1. The van der Waals surface area contributed by atoms with Crippen molar-refractivity contribution in [3.63, 3.8) is 0 Å². The summed E-state index contributed by atoms with van der Waals surface area (Å²) in [6.07, 6.45) is -0.0591. The lowest BCUT2D eigenvalue weighted by Crippen LogP contribution is -2.22. The maximum Gasteiger partial charge on any atom is 0.264 e. The van der Waals surface area contributed by atoms with E-state index in [4.69, 9.17) is 14.0 Å². The van der Waals surface area contributed by atoms with E-state index in [2.05, 4.69) is 51.6 Å². The van der Waals surface area contributed by atoms with Crippen molar-refractivity contribution in [1.82, 2.24) is 25.1 Å². The average Bonchev–Trinajstić information content (AvgIpc) is 3.39. The molecule has 0 radical (unpaired) electrons. The van der Waals surface area contributed by atoms with Crippen LogP contribution in [0.25, 0.3) is 11.5 Å². The fourth-order valence-corrected chi connectivity index (χ4v) is 3.43. The van der Waals surface area contributed by atoms with Gasteiger partial charge in [0, 0.05) is 0 Å². The zero-order chi connectivity index (χ0) is 20.5. The summed E-state index contributed by atoms with van der Waals surface area (Å²) in [6.45, 7) is 5.24. The second-order valence-electron chi connectivity index (χ2n) is 7.39. The summed E-state index contributed by atoms with van der Waals surface area (Å²) in [5.41, 5.74) is 4.88. The van der Waals surface area contributed by atoms with Crippen LogP contribution in [0.2, 0.25) is 0 Å². The smallest absolute Gasteiger partial charge is 0.264 e. The van der Waals surface area contributed by atoms with Crippen LogP contribution in [0.5, 0.6) is 5.75 Å². The van der Waals surface area contributed by atoms with Crippen molar-refractivity contribution in [2.45, 2.75) is 39.7 Å². The van der Waals surface area contributed by atoms with Crippen molar-refractivity contribution in [3.8, 4) is 17.3 Å². The van der Waals surface area contributed by atoms with Crippen molar-refractivity contribution < 1.29 is 14.0 Å². The summed E-state index contributed by atoms with van der Waals surface area (Å²) in [7, 11) is 0. The Morgan fingerprint density at radius 3 is 2.80 bits per heavy atom. The van der Waals surface area contributed by atoms with E-state index in [1.54, 1.807) is 0 Å². The number of hydrogen-bond acceptors (Lipinski definition) is 7. The summed E-state index contributed by atoms with van der Waals surface area (Å²) < 4.78 is 19.0. The minimum Gasteiger partial charge on any atom is -0.484 e. The SMILES string of the molecule is Cc1ccc([C@@H]2Cn3nnc(-c4noc(COc5cccc(C)c5)n4)c3CO2)cc1. The van der Waals surface area contributed by atoms with Crippen LogP contribution < -0.4 is 4.74 Å². The van der Waals surface area contributed by atoms with Gasteiger partial charge < -0.3 is 14.0 Å².